The van der Waals surface area contributed by atoms with Crippen LogP contribution in [0.15, 0.2) is 41.0 Å². The van der Waals surface area contributed by atoms with Crippen molar-refractivity contribution in [3.05, 3.63) is 52.1 Å². The van der Waals surface area contributed by atoms with E-state index in [1.165, 1.54) is 0 Å². The summed E-state index contributed by atoms with van der Waals surface area (Å²) in [5.41, 5.74) is 8.49. The summed E-state index contributed by atoms with van der Waals surface area (Å²) >= 11 is 8.47. The van der Waals surface area contributed by atoms with E-state index in [0.29, 0.717) is 17.4 Å². The van der Waals surface area contributed by atoms with Crippen LogP contribution in [-0.2, 0) is 6.54 Å². The Morgan fingerprint density at radius 2 is 2.20 bits per heavy atom. The molecule has 0 amide bonds. The molecular weight excluding hydrogens is 338 g/mol. The van der Waals surface area contributed by atoms with Gasteiger partial charge in [-0.1, -0.05) is 34.2 Å². The summed E-state index contributed by atoms with van der Waals surface area (Å²) in [5, 5.41) is 3.31. The van der Waals surface area contributed by atoms with Crippen molar-refractivity contribution in [2.45, 2.75) is 6.54 Å². The Morgan fingerprint density at radius 3 is 2.80 bits per heavy atom. The molecule has 1 aromatic heterocycles. The molecule has 0 aliphatic heterocycles. The van der Waals surface area contributed by atoms with Crippen molar-refractivity contribution in [3.63, 3.8) is 0 Å². The second kappa shape index (κ2) is 6.67. The monoisotopic (exact) mass is 351 g/mol. The number of rotatable bonds is 5. The standard InChI is InChI=1S/C14H14BrN3OS/c1-19-13-5-2-9(8-18-13)7-17-12-4-3-10(15)6-11(12)14(16)20/h2-6,8,17H,7H2,1H3,(H2,16,20). The molecule has 0 saturated carbocycles. The first kappa shape index (κ1) is 14.7. The van der Waals surface area contributed by atoms with Gasteiger partial charge in [-0.25, -0.2) is 4.98 Å². The van der Waals surface area contributed by atoms with Gasteiger partial charge in [0.1, 0.15) is 4.99 Å². The fourth-order valence-corrected chi connectivity index (χ4v) is 2.24. The molecule has 4 nitrogen and oxygen atoms in total. The molecule has 1 aromatic carbocycles. The maximum absolute atomic E-state index is 5.73. The lowest BCUT2D eigenvalue weighted by Crippen LogP contribution is -2.13. The van der Waals surface area contributed by atoms with E-state index in [0.717, 1.165) is 21.3 Å². The average molecular weight is 352 g/mol. The zero-order valence-electron chi connectivity index (χ0n) is 10.9. The molecule has 0 spiro atoms. The van der Waals surface area contributed by atoms with Gasteiger partial charge in [-0.2, -0.15) is 0 Å². The van der Waals surface area contributed by atoms with Crippen molar-refractivity contribution < 1.29 is 4.74 Å². The summed E-state index contributed by atoms with van der Waals surface area (Å²) < 4.78 is 5.97. The van der Waals surface area contributed by atoms with Crippen LogP contribution < -0.4 is 15.8 Å². The van der Waals surface area contributed by atoms with Gasteiger partial charge in [-0.3, -0.25) is 0 Å². The predicted molar refractivity (Wildman–Crippen MR) is 88.1 cm³/mol. The molecule has 3 N–H and O–H groups in total. The first-order valence-electron chi connectivity index (χ1n) is 5.92. The van der Waals surface area contributed by atoms with Crippen LogP contribution in [0.5, 0.6) is 5.88 Å². The molecule has 104 valence electrons. The molecule has 0 saturated heterocycles. The largest absolute Gasteiger partial charge is 0.481 e. The number of methoxy groups -OCH3 is 1. The van der Waals surface area contributed by atoms with E-state index in [2.05, 4.69) is 26.2 Å². The number of hydrogen-bond donors (Lipinski definition) is 2. The zero-order chi connectivity index (χ0) is 14.5. The van der Waals surface area contributed by atoms with Gasteiger partial charge in [0.25, 0.3) is 0 Å². The summed E-state index contributed by atoms with van der Waals surface area (Å²) in [5.74, 6) is 0.598. The van der Waals surface area contributed by atoms with E-state index in [4.69, 9.17) is 22.7 Å². The molecule has 0 radical (unpaired) electrons. The number of halogens is 1. The fraction of sp³-hybridized carbons (Fsp3) is 0.143. The van der Waals surface area contributed by atoms with Gasteiger partial charge in [0.05, 0.1) is 7.11 Å². The van der Waals surface area contributed by atoms with E-state index in [1.807, 2.05) is 30.3 Å². The number of hydrogen-bond acceptors (Lipinski definition) is 4. The zero-order valence-corrected chi connectivity index (χ0v) is 13.3. The highest BCUT2D eigenvalue weighted by atomic mass is 79.9. The van der Waals surface area contributed by atoms with Crippen molar-refractivity contribution in [2.75, 3.05) is 12.4 Å². The second-order valence-corrected chi connectivity index (χ2v) is 5.47. The van der Waals surface area contributed by atoms with E-state index in [9.17, 15) is 0 Å². The van der Waals surface area contributed by atoms with E-state index in [1.54, 1.807) is 13.3 Å². The summed E-state index contributed by atoms with van der Waals surface area (Å²) in [6, 6.07) is 9.56. The molecular formula is C14H14BrN3OS. The number of ether oxygens (including phenoxy) is 1. The van der Waals surface area contributed by atoms with Crippen molar-refractivity contribution in [3.8, 4) is 5.88 Å². The maximum Gasteiger partial charge on any atom is 0.212 e. The van der Waals surface area contributed by atoms with Crippen LogP contribution >= 0.6 is 28.1 Å². The van der Waals surface area contributed by atoms with Gasteiger partial charge in [0.15, 0.2) is 0 Å². The third-order valence-electron chi connectivity index (χ3n) is 2.74. The van der Waals surface area contributed by atoms with Crippen LogP contribution in [-0.4, -0.2) is 17.1 Å². The van der Waals surface area contributed by atoms with E-state index in [-0.39, 0.29) is 0 Å². The van der Waals surface area contributed by atoms with Gasteiger partial charge < -0.3 is 15.8 Å². The Labute approximate surface area is 131 Å². The molecule has 0 aliphatic rings. The molecule has 2 aromatic rings. The van der Waals surface area contributed by atoms with Crippen LogP contribution in [0.1, 0.15) is 11.1 Å². The van der Waals surface area contributed by atoms with Gasteiger partial charge >= 0.3 is 0 Å². The minimum atomic E-state index is 0.363. The van der Waals surface area contributed by atoms with Crippen LogP contribution in [0, 0.1) is 0 Å². The molecule has 0 unspecified atom stereocenters. The smallest absolute Gasteiger partial charge is 0.212 e. The summed E-state index contributed by atoms with van der Waals surface area (Å²) in [4.78, 5) is 4.52. The Morgan fingerprint density at radius 1 is 1.40 bits per heavy atom. The van der Waals surface area contributed by atoms with Crippen molar-refractivity contribution >= 4 is 38.8 Å². The SMILES string of the molecule is COc1ccc(CNc2ccc(Br)cc2C(N)=S)cn1. The first-order valence-corrected chi connectivity index (χ1v) is 7.12. The molecule has 1 heterocycles. The van der Waals surface area contributed by atoms with Gasteiger partial charge in [-0.15, -0.1) is 0 Å². The molecule has 6 heteroatoms. The number of benzene rings is 1. The van der Waals surface area contributed by atoms with Crippen LogP contribution in [0.3, 0.4) is 0 Å². The number of nitrogens with two attached hydrogens (primary N) is 1. The Bertz CT molecular complexity index is 616. The topological polar surface area (TPSA) is 60.2 Å². The van der Waals surface area contributed by atoms with E-state index < -0.39 is 0 Å². The Kier molecular flexibility index (Phi) is 4.92. The van der Waals surface area contributed by atoms with Gasteiger partial charge in [0, 0.05) is 34.5 Å². The normalized spacial score (nSPS) is 10.1. The van der Waals surface area contributed by atoms with Crippen LogP contribution in [0.2, 0.25) is 0 Å². The number of nitrogens with one attached hydrogen (secondary N) is 1. The van der Waals surface area contributed by atoms with Crippen molar-refractivity contribution in [1.29, 1.82) is 0 Å². The number of aromatic nitrogens is 1. The highest BCUT2D eigenvalue weighted by Crippen LogP contribution is 2.21. The van der Waals surface area contributed by atoms with Crippen LogP contribution in [0.25, 0.3) is 0 Å². The minimum absolute atomic E-state index is 0.363. The number of pyridine rings is 1. The lowest BCUT2D eigenvalue weighted by molar-refractivity contribution is 0.397. The molecule has 0 atom stereocenters. The average Bonchev–Trinajstić information content (AvgIpc) is 2.46. The molecule has 0 bridgehead atoms. The quantitative estimate of drug-likeness (QED) is 0.810. The van der Waals surface area contributed by atoms with E-state index >= 15 is 0 Å². The molecule has 0 aliphatic carbocycles. The Hall–Kier alpha value is -1.66. The second-order valence-electron chi connectivity index (χ2n) is 4.12. The Balaban J connectivity index is 2.12. The lowest BCUT2D eigenvalue weighted by atomic mass is 10.1. The predicted octanol–water partition coefficient (Wildman–Crippen LogP) is 3.10. The number of nitrogens with zero attached hydrogens (tertiary/aromatic N) is 1. The molecule has 2 rings (SSSR count). The molecule has 20 heavy (non-hydrogen) atoms. The number of thiocarbonyl (C=S) groups is 1. The maximum atomic E-state index is 5.73. The first-order chi connectivity index (χ1) is 9.60. The third kappa shape index (κ3) is 3.68. The highest BCUT2D eigenvalue weighted by Gasteiger charge is 2.06. The molecule has 0 fully saturated rings. The van der Waals surface area contributed by atoms with Gasteiger partial charge in [-0.05, 0) is 23.8 Å². The van der Waals surface area contributed by atoms with Crippen LogP contribution in [0.4, 0.5) is 5.69 Å². The lowest BCUT2D eigenvalue weighted by Gasteiger charge is -2.12. The number of anilines is 1. The van der Waals surface area contributed by atoms with Crippen molar-refractivity contribution in [2.24, 2.45) is 5.73 Å². The summed E-state index contributed by atoms with van der Waals surface area (Å²) in [6.45, 7) is 0.633. The third-order valence-corrected chi connectivity index (χ3v) is 3.45. The summed E-state index contributed by atoms with van der Waals surface area (Å²) in [7, 11) is 1.59. The van der Waals surface area contributed by atoms with Crippen molar-refractivity contribution in [1.82, 2.24) is 4.98 Å². The summed E-state index contributed by atoms with van der Waals surface area (Å²) in [6.07, 6.45) is 1.77. The highest BCUT2D eigenvalue weighted by molar-refractivity contribution is 9.10. The fourth-order valence-electron chi connectivity index (χ4n) is 1.71. The minimum Gasteiger partial charge on any atom is -0.481 e. The van der Waals surface area contributed by atoms with Gasteiger partial charge in [0.2, 0.25) is 5.88 Å².